The van der Waals surface area contributed by atoms with Crippen molar-refractivity contribution in [2.45, 2.75) is 31.7 Å². The molecule has 1 saturated heterocycles. The van der Waals surface area contributed by atoms with Crippen molar-refractivity contribution in [2.75, 3.05) is 33.7 Å². The van der Waals surface area contributed by atoms with Crippen LogP contribution in [0.2, 0.25) is 0 Å². The molecule has 0 aromatic heterocycles. The van der Waals surface area contributed by atoms with Crippen molar-refractivity contribution in [3.63, 3.8) is 0 Å². The first-order valence-electron chi connectivity index (χ1n) is 7.94. The molecule has 1 aromatic rings. The maximum atomic E-state index is 6.20. The molecule has 1 atom stereocenters. The van der Waals surface area contributed by atoms with Crippen molar-refractivity contribution in [1.29, 1.82) is 0 Å². The molecule has 124 valence electrons. The van der Waals surface area contributed by atoms with Gasteiger partial charge in [-0.25, -0.2) is 0 Å². The van der Waals surface area contributed by atoms with E-state index in [4.69, 9.17) is 5.73 Å². The van der Waals surface area contributed by atoms with Gasteiger partial charge in [0.2, 0.25) is 0 Å². The van der Waals surface area contributed by atoms with E-state index >= 15 is 0 Å². The van der Waals surface area contributed by atoms with E-state index in [1.54, 1.807) is 0 Å². The second-order valence-corrected chi connectivity index (χ2v) is 5.99. The Labute approximate surface area is 151 Å². The minimum Gasteiger partial charge on any atom is -0.370 e. The van der Waals surface area contributed by atoms with Gasteiger partial charge in [-0.1, -0.05) is 43.2 Å². The molecule has 0 bridgehead atoms. The maximum absolute atomic E-state index is 6.20. The fourth-order valence-electron chi connectivity index (χ4n) is 2.82. The highest BCUT2D eigenvalue weighted by atomic mass is 127. The van der Waals surface area contributed by atoms with Crippen molar-refractivity contribution in [2.24, 2.45) is 10.7 Å². The standard InChI is InChI=1S/C17H28N4.HI/c1-20(2)16(15-10-6-5-7-11-15)14-19-17(18)21-12-8-3-4-9-13-21;/h5-7,10-11,16H,3-4,8-9,12-14H2,1-2H3,(H2,18,19);1H. The van der Waals surface area contributed by atoms with Crippen molar-refractivity contribution >= 4 is 29.9 Å². The van der Waals surface area contributed by atoms with Crippen molar-refractivity contribution in [1.82, 2.24) is 9.80 Å². The van der Waals surface area contributed by atoms with Crippen LogP contribution in [-0.4, -0.2) is 49.5 Å². The molecule has 2 N–H and O–H groups in total. The summed E-state index contributed by atoms with van der Waals surface area (Å²) < 4.78 is 0. The van der Waals surface area contributed by atoms with Gasteiger partial charge in [0.25, 0.3) is 0 Å². The fraction of sp³-hybridized carbons (Fsp3) is 0.588. The first-order chi connectivity index (χ1) is 10.2. The number of rotatable bonds is 4. The zero-order valence-electron chi connectivity index (χ0n) is 13.7. The summed E-state index contributed by atoms with van der Waals surface area (Å²) in [6.45, 7) is 2.81. The van der Waals surface area contributed by atoms with Crippen LogP contribution < -0.4 is 5.73 Å². The Morgan fingerprint density at radius 1 is 1.14 bits per heavy atom. The lowest BCUT2D eigenvalue weighted by atomic mass is 10.1. The van der Waals surface area contributed by atoms with Crippen LogP contribution in [0.5, 0.6) is 0 Å². The molecule has 1 heterocycles. The predicted octanol–water partition coefficient (Wildman–Crippen LogP) is 3.10. The van der Waals surface area contributed by atoms with Gasteiger partial charge in [0, 0.05) is 13.1 Å². The van der Waals surface area contributed by atoms with E-state index in [1.807, 2.05) is 6.07 Å². The highest BCUT2D eigenvalue weighted by Crippen LogP contribution is 2.18. The fourth-order valence-corrected chi connectivity index (χ4v) is 2.82. The summed E-state index contributed by atoms with van der Waals surface area (Å²) in [5, 5.41) is 0. The Bertz CT molecular complexity index is 439. The number of likely N-dealkylation sites (N-methyl/N-ethyl adjacent to an activating group) is 1. The number of aliphatic imine (C=N–C) groups is 1. The normalized spacial score (nSPS) is 17.8. The number of halogens is 1. The maximum Gasteiger partial charge on any atom is 0.191 e. The van der Waals surface area contributed by atoms with Crippen LogP contribution in [0.4, 0.5) is 0 Å². The average molecular weight is 416 g/mol. The van der Waals surface area contributed by atoms with Crippen LogP contribution in [0.1, 0.15) is 37.3 Å². The quantitative estimate of drug-likeness (QED) is 0.466. The minimum absolute atomic E-state index is 0. The third-order valence-corrected chi connectivity index (χ3v) is 4.16. The van der Waals surface area contributed by atoms with Gasteiger partial charge in [0.1, 0.15) is 0 Å². The number of hydrogen-bond donors (Lipinski definition) is 1. The second kappa shape index (κ2) is 10.0. The molecule has 1 aliphatic rings. The Hall–Kier alpha value is -0.820. The van der Waals surface area contributed by atoms with Crippen molar-refractivity contribution in [3.8, 4) is 0 Å². The van der Waals surface area contributed by atoms with E-state index in [0.29, 0.717) is 12.5 Å². The third-order valence-electron chi connectivity index (χ3n) is 4.16. The molecule has 4 nitrogen and oxygen atoms in total. The van der Waals surface area contributed by atoms with E-state index in [0.717, 1.165) is 13.1 Å². The SMILES string of the molecule is CN(C)C(CN=C(N)N1CCCCCC1)c1ccccc1.I. The first-order valence-corrected chi connectivity index (χ1v) is 7.94. The predicted molar refractivity (Wildman–Crippen MR) is 105 cm³/mol. The van der Waals surface area contributed by atoms with Crippen LogP contribution in [0.15, 0.2) is 35.3 Å². The minimum atomic E-state index is 0. The molecular weight excluding hydrogens is 387 g/mol. The molecule has 0 spiro atoms. The number of hydrogen-bond acceptors (Lipinski definition) is 2. The molecule has 2 rings (SSSR count). The summed E-state index contributed by atoms with van der Waals surface area (Å²) in [7, 11) is 4.19. The highest BCUT2D eigenvalue weighted by Gasteiger charge is 2.15. The van der Waals surface area contributed by atoms with E-state index < -0.39 is 0 Å². The number of nitrogens with zero attached hydrogens (tertiary/aromatic N) is 3. The van der Waals surface area contributed by atoms with Gasteiger partial charge in [-0.3, -0.25) is 4.99 Å². The highest BCUT2D eigenvalue weighted by molar-refractivity contribution is 14.0. The van der Waals surface area contributed by atoms with Gasteiger partial charge in [0.05, 0.1) is 12.6 Å². The number of guanidine groups is 1. The van der Waals surface area contributed by atoms with Crippen molar-refractivity contribution < 1.29 is 0 Å². The summed E-state index contributed by atoms with van der Waals surface area (Å²) in [6, 6.07) is 10.8. The van der Waals surface area contributed by atoms with E-state index in [1.165, 1.54) is 31.2 Å². The summed E-state index contributed by atoms with van der Waals surface area (Å²) in [6.07, 6.45) is 5.08. The average Bonchev–Trinajstić information content (AvgIpc) is 2.77. The summed E-state index contributed by atoms with van der Waals surface area (Å²) in [4.78, 5) is 9.11. The van der Waals surface area contributed by atoms with E-state index in [-0.39, 0.29) is 30.0 Å². The number of benzene rings is 1. The molecule has 1 aliphatic heterocycles. The van der Waals surface area contributed by atoms with Crippen LogP contribution in [0.3, 0.4) is 0 Å². The molecule has 1 aromatic carbocycles. The Balaban J connectivity index is 0.00000242. The van der Waals surface area contributed by atoms with Gasteiger partial charge in [-0.05, 0) is 32.5 Å². The lowest BCUT2D eigenvalue weighted by Crippen LogP contribution is -2.38. The topological polar surface area (TPSA) is 44.9 Å². The van der Waals surface area contributed by atoms with Gasteiger partial charge in [-0.15, -0.1) is 24.0 Å². The third kappa shape index (κ3) is 5.76. The van der Waals surface area contributed by atoms with Gasteiger partial charge >= 0.3 is 0 Å². The molecule has 0 radical (unpaired) electrons. The van der Waals surface area contributed by atoms with E-state index in [9.17, 15) is 0 Å². The van der Waals surface area contributed by atoms with Crippen LogP contribution in [0, 0.1) is 0 Å². The van der Waals surface area contributed by atoms with Gasteiger partial charge < -0.3 is 15.5 Å². The van der Waals surface area contributed by atoms with Gasteiger partial charge in [-0.2, -0.15) is 0 Å². The smallest absolute Gasteiger partial charge is 0.191 e. The number of likely N-dealkylation sites (tertiary alicyclic amines) is 1. The lowest BCUT2D eigenvalue weighted by molar-refractivity contribution is 0.305. The summed E-state index contributed by atoms with van der Waals surface area (Å²) in [5.74, 6) is 0.708. The zero-order chi connectivity index (χ0) is 15.1. The van der Waals surface area contributed by atoms with Crippen LogP contribution in [-0.2, 0) is 0 Å². The van der Waals surface area contributed by atoms with Crippen molar-refractivity contribution in [3.05, 3.63) is 35.9 Å². The van der Waals surface area contributed by atoms with Crippen LogP contribution >= 0.6 is 24.0 Å². The molecule has 1 fully saturated rings. The zero-order valence-corrected chi connectivity index (χ0v) is 16.1. The Morgan fingerprint density at radius 2 is 1.73 bits per heavy atom. The first kappa shape index (κ1) is 19.2. The molecule has 0 saturated carbocycles. The monoisotopic (exact) mass is 416 g/mol. The molecule has 1 unspecified atom stereocenters. The van der Waals surface area contributed by atoms with Gasteiger partial charge in [0.15, 0.2) is 5.96 Å². The molecule has 22 heavy (non-hydrogen) atoms. The number of nitrogens with two attached hydrogens (primary N) is 1. The lowest BCUT2D eigenvalue weighted by Gasteiger charge is -2.25. The molecule has 5 heteroatoms. The largest absolute Gasteiger partial charge is 0.370 e. The molecule has 0 aliphatic carbocycles. The van der Waals surface area contributed by atoms with Crippen LogP contribution in [0.25, 0.3) is 0 Å². The Morgan fingerprint density at radius 3 is 2.27 bits per heavy atom. The summed E-state index contributed by atoms with van der Waals surface area (Å²) >= 11 is 0. The summed E-state index contributed by atoms with van der Waals surface area (Å²) in [5.41, 5.74) is 7.49. The van der Waals surface area contributed by atoms with E-state index in [2.05, 4.69) is 53.2 Å². The molecule has 0 amide bonds. The second-order valence-electron chi connectivity index (χ2n) is 5.99. The Kier molecular flexibility index (Phi) is 8.78. The molecular formula is C17H29IN4.